The van der Waals surface area contributed by atoms with Crippen molar-refractivity contribution in [3.63, 3.8) is 0 Å². The van der Waals surface area contributed by atoms with E-state index >= 15 is 0 Å². The maximum absolute atomic E-state index is 10.9. The van der Waals surface area contributed by atoms with E-state index in [2.05, 4.69) is 0 Å². The predicted octanol–water partition coefficient (Wildman–Crippen LogP) is 1.38. The van der Waals surface area contributed by atoms with Crippen LogP contribution in [0.2, 0.25) is 0 Å². The highest BCUT2D eigenvalue weighted by Gasteiger charge is 2.00. The van der Waals surface area contributed by atoms with E-state index in [-0.39, 0.29) is 12.1 Å². The Hall–Kier alpha value is -0.610. The zero-order valence-electron chi connectivity index (χ0n) is 9.25. The Morgan fingerprint density at radius 1 is 1.21 bits per heavy atom. The summed E-state index contributed by atoms with van der Waals surface area (Å²) >= 11 is 0. The van der Waals surface area contributed by atoms with Crippen molar-refractivity contribution in [3.8, 4) is 0 Å². The van der Waals surface area contributed by atoms with E-state index in [4.69, 9.17) is 14.2 Å². The van der Waals surface area contributed by atoms with Gasteiger partial charge in [0.05, 0.1) is 39.0 Å². The molecule has 0 aliphatic carbocycles. The molecule has 0 heterocycles. The molecule has 0 spiro atoms. The molecule has 0 radical (unpaired) electrons. The standard InChI is InChI=1S/C10H20O4/c1-4-13-10(11)5-6-12-7-8-14-9(2)3/h9H,4-8H2,1-3H3. The van der Waals surface area contributed by atoms with Crippen LogP contribution in [0.4, 0.5) is 0 Å². The summed E-state index contributed by atoms with van der Waals surface area (Å²) in [5.74, 6) is -0.211. The molecule has 0 atom stereocenters. The van der Waals surface area contributed by atoms with Crippen molar-refractivity contribution in [1.82, 2.24) is 0 Å². The number of carbonyl (C=O) groups is 1. The number of ether oxygens (including phenoxy) is 3. The Kier molecular flexibility index (Phi) is 8.57. The van der Waals surface area contributed by atoms with Crippen LogP contribution in [0.25, 0.3) is 0 Å². The molecule has 0 saturated heterocycles. The van der Waals surface area contributed by atoms with Crippen molar-refractivity contribution in [2.75, 3.05) is 26.4 Å². The minimum atomic E-state index is -0.211. The Bertz CT molecular complexity index is 145. The third-order valence-electron chi connectivity index (χ3n) is 1.43. The van der Waals surface area contributed by atoms with E-state index in [1.54, 1.807) is 6.92 Å². The van der Waals surface area contributed by atoms with E-state index in [0.717, 1.165) is 0 Å². The second-order valence-electron chi connectivity index (χ2n) is 3.09. The monoisotopic (exact) mass is 204 g/mol. The molecule has 0 amide bonds. The lowest BCUT2D eigenvalue weighted by Crippen LogP contribution is -2.12. The van der Waals surface area contributed by atoms with Gasteiger partial charge in [-0.05, 0) is 20.8 Å². The van der Waals surface area contributed by atoms with Crippen LogP contribution < -0.4 is 0 Å². The molecule has 0 aromatic rings. The van der Waals surface area contributed by atoms with Gasteiger partial charge in [0.2, 0.25) is 0 Å². The van der Waals surface area contributed by atoms with Gasteiger partial charge in [-0.15, -0.1) is 0 Å². The van der Waals surface area contributed by atoms with Crippen molar-refractivity contribution in [3.05, 3.63) is 0 Å². The molecule has 0 bridgehead atoms. The van der Waals surface area contributed by atoms with Gasteiger partial charge in [-0.1, -0.05) is 0 Å². The third kappa shape index (κ3) is 9.48. The lowest BCUT2D eigenvalue weighted by molar-refractivity contribution is -0.144. The van der Waals surface area contributed by atoms with Crippen LogP contribution in [0, 0.1) is 0 Å². The lowest BCUT2D eigenvalue weighted by Gasteiger charge is -2.07. The summed E-state index contributed by atoms with van der Waals surface area (Å²) in [4.78, 5) is 10.9. The Morgan fingerprint density at radius 3 is 2.50 bits per heavy atom. The molecule has 0 aromatic heterocycles. The third-order valence-corrected chi connectivity index (χ3v) is 1.43. The molecular formula is C10H20O4. The van der Waals surface area contributed by atoms with E-state index < -0.39 is 0 Å². The van der Waals surface area contributed by atoms with Gasteiger partial charge in [-0.25, -0.2) is 0 Å². The van der Waals surface area contributed by atoms with E-state index in [1.165, 1.54) is 0 Å². The first-order valence-corrected chi connectivity index (χ1v) is 5.01. The van der Waals surface area contributed by atoms with Crippen LogP contribution in [-0.2, 0) is 19.0 Å². The zero-order valence-corrected chi connectivity index (χ0v) is 9.25. The van der Waals surface area contributed by atoms with Gasteiger partial charge < -0.3 is 14.2 Å². The Labute approximate surface area is 85.5 Å². The smallest absolute Gasteiger partial charge is 0.308 e. The molecule has 0 unspecified atom stereocenters. The Balaban J connectivity index is 3.09. The quantitative estimate of drug-likeness (QED) is 0.442. The largest absolute Gasteiger partial charge is 0.466 e. The molecule has 0 aromatic carbocycles. The first kappa shape index (κ1) is 13.4. The van der Waals surface area contributed by atoms with Crippen LogP contribution in [-0.4, -0.2) is 38.5 Å². The number of rotatable bonds is 8. The lowest BCUT2D eigenvalue weighted by atomic mass is 10.4. The zero-order chi connectivity index (χ0) is 10.8. The normalized spacial score (nSPS) is 10.6. The molecule has 0 N–H and O–H groups in total. The van der Waals surface area contributed by atoms with Crippen LogP contribution in [0.1, 0.15) is 27.2 Å². The number of hydrogen-bond donors (Lipinski definition) is 0. The van der Waals surface area contributed by atoms with Crippen molar-refractivity contribution >= 4 is 5.97 Å². The summed E-state index contributed by atoms with van der Waals surface area (Å²) in [5.41, 5.74) is 0. The first-order valence-electron chi connectivity index (χ1n) is 5.01. The summed E-state index contributed by atoms with van der Waals surface area (Å²) in [6, 6.07) is 0. The maximum Gasteiger partial charge on any atom is 0.308 e. The predicted molar refractivity (Wildman–Crippen MR) is 53.2 cm³/mol. The highest BCUT2D eigenvalue weighted by molar-refractivity contribution is 5.69. The molecule has 0 rings (SSSR count). The van der Waals surface area contributed by atoms with Crippen molar-refractivity contribution in [2.24, 2.45) is 0 Å². The molecule has 0 aliphatic rings. The molecule has 0 aliphatic heterocycles. The minimum absolute atomic E-state index is 0.211. The van der Waals surface area contributed by atoms with Gasteiger partial charge in [0.15, 0.2) is 0 Å². The molecule has 0 saturated carbocycles. The molecular weight excluding hydrogens is 184 g/mol. The topological polar surface area (TPSA) is 44.8 Å². The summed E-state index contributed by atoms with van der Waals surface area (Å²) < 4.78 is 15.2. The second-order valence-corrected chi connectivity index (χ2v) is 3.09. The second kappa shape index (κ2) is 8.97. The summed E-state index contributed by atoms with van der Waals surface area (Å²) in [7, 11) is 0. The van der Waals surface area contributed by atoms with Crippen LogP contribution in [0.5, 0.6) is 0 Å². The summed E-state index contributed by atoms with van der Waals surface area (Å²) in [6.45, 7) is 7.65. The average molecular weight is 204 g/mol. The molecule has 4 nitrogen and oxygen atoms in total. The molecule has 4 heteroatoms. The first-order chi connectivity index (χ1) is 6.66. The van der Waals surface area contributed by atoms with E-state index in [0.29, 0.717) is 32.8 Å². The number of carbonyl (C=O) groups excluding carboxylic acids is 1. The van der Waals surface area contributed by atoms with Gasteiger partial charge >= 0.3 is 5.97 Å². The summed E-state index contributed by atoms with van der Waals surface area (Å²) in [6.07, 6.45) is 0.541. The summed E-state index contributed by atoms with van der Waals surface area (Å²) in [5, 5.41) is 0. The van der Waals surface area contributed by atoms with Gasteiger partial charge in [0, 0.05) is 0 Å². The van der Waals surface area contributed by atoms with Gasteiger partial charge in [-0.2, -0.15) is 0 Å². The fourth-order valence-electron chi connectivity index (χ4n) is 0.833. The number of hydrogen-bond acceptors (Lipinski definition) is 4. The minimum Gasteiger partial charge on any atom is -0.466 e. The van der Waals surface area contributed by atoms with Crippen molar-refractivity contribution < 1.29 is 19.0 Å². The van der Waals surface area contributed by atoms with Crippen molar-refractivity contribution in [2.45, 2.75) is 33.3 Å². The SMILES string of the molecule is CCOC(=O)CCOCCOC(C)C. The Morgan fingerprint density at radius 2 is 1.93 bits per heavy atom. The molecule has 84 valence electrons. The van der Waals surface area contributed by atoms with E-state index in [9.17, 15) is 4.79 Å². The van der Waals surface area contributed by atoms with Crippen molar-refractivity contribution in [1.29, 1.82) is 0 Å². The highest BCUT2D eigenvalue weighted by Crippen LogP contribution is 1.90. The average Bonchev–Trinajstić information content (AvgIpc) is 2.11. The highest BCUT2D eigenvalue weighted by atomic mass is 16.5. The van der Waals surface area contributed by atoms with Gasteiger partial charge in [-0.3, -0.25) is 4.79 Å². The van der Waals surface area contributed by atoms with Crippen LogP contribution >= 0.6 is 0 Å². The fraction of sp³-hybridized carbons (Fsp3) is 0.900. The van der Waals surface area contributed by atoms with E-state index in [1.807, 2.05) is 13.8 Å². The van der Waals surface area contributed by atoms with Gasteiger partial charge in [0.25, 0.3) is 0 Å². The van der Waals surface area contributed by atoms with Gasteiger partial charge in [0.1, 0.15) is 0 Å². The van der Waals surface area contributed by atoms with Crippen LogP contribution in [0.3, 0.4) is 0 Å². The number of esters is 1. The molecule has 0 fully saturated rings. The molecule has 14 heavy (non-hydrogen) atoms. The fourth-order valence-corrected chi connectivity index (χ4v) is 0.833. The van der Waals surface area contributed by atoms with Crippen LogP contribution in [0.15, 0.2) is 0 Å². The maximum atomic E-state index is 10.9.